The number of carbonyl (C=O) groups is 1. The van der Waals surface area contributed by atoms with Gasteiger partial charge < -0.3 is 19.5 Å². The molecule has 2 heterocycles. The van der Waals surface area contributed by atoms with Gasteiger partial charge in [0.15, 0.2) is 11.5 Å². The van der Waals surface area contributed by atoms with Crippen molar-refractivity contribution in [2.24, 2.45) is 0 Å². The molecule has 2 aromatic heterocycles. The first-order chi connectivity index (χ1) is 17.2. The zero-order valence-electron chi connectivity index (χ0n) is 19.3. The Bertz CT molecular complexity index is 1520. The molecule has 0 radical (unpaired) electrons. The van der Waals surface area contributed by atoms with Crippen LogP contribution in [0.1, 0.15) is 16.1 Å². The number of pyridine rings is 2. The average Bonchev–Trinajstić information content (AvgIpc) is 2.91. The molecule has 0 atom stereocenters. The van der Waals surface area contributed by atoms with Gasteiger partial charge >= 0.3 is 0 Å². The molecule has 35 heavy (non-hydrogen) atoms. The lowest BCUT2D eigenvalue weighted by Crippen LogP contribution is -2.23. The summed E-state index contributed by atoms with van der Waals surface area (Å²) in [7, 11) is 3.18. The summed E-state index contributed by atoms with van der Waals surface area (Å²) in [5, 5.41) is 5.47. The fraction of sp³-hybridized carbons (Fsp3) is 0.107. The number of nitrogens with zero attached hydrogens (tertiary/aromatic N) is 2. The molecule has 0 bridgehead atoms. The summed E-state index contributed by atoms with van der Waals surface area (Å²) in [5.41, 5.74) is 2.12. The molecule has 0 saturated heterocycles. The van der Waals surface area contributed by atoms with Gasteiger partial charge in [0.25, 0.3) is 5.91 Å². The Morgan fingerprint density at radius 1 is 0.800 bits per heavy atom. The van der Waals surface area contributed by atoms with Crippen LogP contribution >= 0.6 is 0 Å². The van der Waals surface area contributed by atoms with Crippen molar-refractivity contribution in [2.75, 3.05) is 14.2 Å². The van der Waals surface area contributed by atoms with E-state index in [0.29, 0.717) is 35.1 Å². The molecular weight excluding hydrogens is 442 g/mol. The molecule has 5 rings (SSSR count). The third kappa shape index (κ3) is 4.56. The van der Waals surface area contributed by atoms with E-state index >= 15 is 0 Å². The van der Waals surface area contributed by atoms with Crippen molar-refractivity contribution in [3.63, 3.8) is 0 Å². The summed E-state index contributed by atoms with van der Waals surface area (Å²) >= 11 is 0. The summed E-state index contributed by atoms with van der Waals surface area (Å²) < 4.78 is 17.1. The van der Waals surface area contributed by atoms with Crippen LogP contribution in [0.4, 0.5) is 0 Å². The predicted molar refractivity (Wildman–Crippen MR) is 134 cm³/mol. The first-order valence-corrected chi connectivity index (χ1v) is 11.1. The van der Waals surface area contributed by atoms with E-state index in [9.17, 15) is 4.79 Å². The van der Waals surface area contributed by atoms with Gasteiger partial charge in [-0.2, -0.15) is 0 Å². The number of amides is 1. The molecule has 174 valence electrons. The molecule has 0 spiro atoms. The van der Waals surface area contributed by atoms with E-state index in [4.69, 9.17) is 14.2 Å². The van der Waals surface area contributed by atoms with Crippen LogP contribution in [-0.2, 0) is 6.54 Å². The SMILES string of the molecule is COc1cc2nccc(Oc3ccc4c(C(=O)NCc5ccccn5)cccc4c3)c2cc1OC. The van der Waals surface area contributed by atoms with Crippen molar-refractivity contribution in [2.45, 2.75) is 6.54 Å². The van der Waals surface area contributed by atoms with Crippen molar-refractivity contribution in [1.29, 1.82) is 0 Å². The van der Waals surface area contributed by atoms with E-state index in [0.717, 1.165) is 27.4 Å². The first kappa shape index (κ1) is 22.2. The zero-order valence-corrected chi connectivity index (χ0v) is 19.3. The Kier molecular flexibility index (Phi) is 6.13. The van der Waals surface area contributed by atoms with Crippen LogP contribution < -0.4 is 19.5 Å². The minimum absolute atomic E-state index is 0.156. The number of carbonyl (C=O) groups excluding carboxylic acids is 1. The lowest BCUT2D eigenvalue weighted by molar-refractivity contribution is 0.0952. The second-order valence-electron chi connectivity index (χ2n) is 7.83. The molecular formula is C28H23N3O4. The van der Waals surface area contributed by atoms with Crippen LogP contribution in [0, 0.1) is 0 Å². The smallest absolute Gasteiger partial charge is 0.252 e. The van der Waals surface area contributed by atoms with Gasteiger partial charge in [-0.25, -0.2) is 0 Å². The van der Waals surface area contributed by atoms with Gasteiger partial charge in [0.05, 0.1) is 32.0 Å². The van der Waals surface area contributed by atoms with Crippen LogP contribution in [0.3, 0.4) is 0 Å². The quantitative estimate of drug-likeness (QED) is 0.341. The third-order valence-electron chi connectivity index (χ3n) is 5.69. The largest absolute Gasteiger partial charge is 0.493 e. The zero-order chi connectivity index (χ0) is 24.2. The molecule has 0 unspecified atom stereocenters. The summed E-state index contributed by atoms with van der Waals surface area (Å²) in [4.78, 5) is 21.5. The highest BCUT2D eigenvalue weighted by Gasteiger charge is 2.13. The van der Waals surface area contributed by atoms with Gasteiger partial charge in [-0.05, 0) is 59.3 Å². The molecule has 1 amide bonds. The molecule has 5 aromatic rings. The second-order valence-corrected chi connectivity index (χ2v) is 7.83. The van der Waals surface area contributed by atoms with Crippen molar-refractivity contribution in [1.82, 2.24) is 15.3 Å². The molecule has 0 aliphatic carbocycles. The highest BCUT2D eigenvalue weighted by molar-refractivity contribution is 6.07. The number of hydrogen-bond donors (Lipinski definition) is 1. The summed E-state index contributed by atoms with van der Waals surface area (Å²) in [5.74, 6) is 2.32. The van der Waals surface area contributed by atoms with E-state index < -0.39 is 0 Å². The fourth-order valence-corrected chi connectivity index (χ4v) is 3.96. The highest BCUT2D eigenvalue weighted by Crippen LogP contribution is 2.37. The minimum atomic E-state index is -0.156. The van der Waals surface area contributed by atoms with Crippen molar-refractivity contribution in [3.8, 4) is 23.0 Å². The summed E-state index contributed by atoms with van der Waals surface area (Å²) in [6, 6.07) is 22.4. The van der Waals surface area contributed by atoms with Gasteiger partial charge in [0, 0.05) is 29.4 Å². The number of benzene rings is 3. The number of nitrogens with one attached hydrogen (secondary N) is 1. The van der Waals surface area contributed by atoms with E-state index in [1.165, 1.54) is 0 Å². The van der Waals surface area contributed by atoms with Gasteiger partial charge in [0.2, 0.25) is 0 Å². The predicted octanol–water partition coefficient (Wildman–Crippen LogP) is 5.52. The number of rotatable bonds is 7. The van der Waals surface area contributed by atoms with Gasteiger partial charge in [-0.15, -0.1) is 0 Å². The number of aromatic nitrogens is 2. The van der Waals surface area contributed by atoms with Crippen LogP contribution in [0.2, 0.25) is 0 Å². The number of ether oxygens (including phenoxy) is 3. The number of fused-ring (bicyclic) bond motifs is 2. The molecule has 0 fully saturated rings. The van der Waals surface area contributed by atoms with E-state index in [1.807, 2.05) is 66.7 Å². The molecule has 0 aliphatic rings. The molecule has 7 nitrogen and oxygen atoms in total. The van der Waals surface area contributed by atoms with Gasteiger partial charge in [-0.3, -0.25) is 14.8 Å². The van der Waals surface area contributed by atoms with Crippen molar-refractivity contribution < 1.29 is 19.0 Å². The number of hydrogen-bond acceptors (Lipinski definition) is 6. The minimum Gasteiger partial charge on any atom is -0.493 e. The highest BCUT2D eigenvalue weighted by atomic mass is 16.5. The monoisotopic (exact) mass is 465 g/mol. The fourth-order valence-electron chi connectivity index (χ4n) is 3.96. The van der Waals surface area contributed by atoms with Crippen LogP contribution in [-0.4, -0.2) is 30.1 Å². The van der Waals surface area contributed by atoms with Crippen molar-refractivity contribution >= 4 is 27.6 Å². The maximum atomic E-state index is 12.9. The average molecular weight is 466 g/mol. The Hall–Kier alpha value is -4.65. The maximum Gasteiger partial charge on any atom is 0.252 e. The lowest BCUT2D eigenvalue weighted by Gasteiger charge is -2.13. The normalized spacial score (nSPS) is 10.8. The maximum absolute atomic E-state index is 12.9. The van der Waals surface area contributed by atoms with Crippen LogP contribution in [0.15, 0.2) is 85.2 Å². The standard InChI is InChI=1S/C28H23N3O4/c1-33-26-15-23-24(16-27(26)34-2)30-13-11-25(23)35-20-9-10-21-18(14-20)6-5-8-22(21)28(32)31-17-19-7-3-4-12-29-19/h3-16H,17H2,1-2H3,(H,31,32). The third-order valence-corrected chi connectivity index (χ3v) is 5.69. The molecule has 0 aliphatic heterocycles. The van der Waals surface area contributed by atoms with E-state index in [1.54, 1.807) is 32.7 Å². The Balaban J connectivity index is 1.43. The number of methoxy groups -OCH3 is 2. The Morgan fingerprint density at radius 3 is 2.46 bits per heavy atom. The van der Waals surface area contributed by atoms with Crippen LogP contribution in [0.25, 0.3) is 21.7 Å². The second kappa shape index (κ2) is 9.69. The van der Waals surface area contributed by atoms with E-state index in [-0.39, 0.29) is 5.91 Å². The topological polar surface area (TPSA) is 82.6 Å². The van der Waals surface area contributed by atoms with Gasteiger partial charge in [-0.1, -0.05) is 18.2 Å². The molecule has 0 saturated carbocycles. The Morgan fingerprint density at radius 2 is 1.66 bits per heavy atom. The van der Waals surface area contributed by atoms with Crippen LogP contribution in [0.5, 0.6) is 23.0 Å². The molecule has 1 N–H and O–H groups in total. The molecule has 7 heteroatoms. The molecule has 3 aromatic carbocycles. The summed E-state index contributed by atoms with van der Waals surface area (Å²) in [6.45, 7) is 0.362. The first-order valence-electron chi connectivity index (χ1n) is 11.1. The van der Waals surface area contributed by atoms with E-state index in [2.05, 4.69) is 15.3 Å². The van der Waals surface area contributed by atoms with Gasteiger partial charge in [0.1, 0.15) is 11.5 Å². The summed E-state index contributed by atoms with van der Waals surface area (Å²) in [6.07, 6.45) is 3.40. The lowest BCUT2D eigenvalue weighted by atomic mass is 10.0. The Labute approximate surface area is 202 Å². The van der Waals surface area contributed by atoms with Crippen molar-refractivity contribution in [3.05, 3.63) is 96.4 Å².